The maximum absolute atomic E-state index is 13.6. The Kier molecular flexibility index (Phi) is 8.42. The number of aliphatic hydroxyl groups excluding tert-OH is 4. The van der Waals surface area contributed by atoms with Crippen LogP contribution in [0.4, 0.5) is 9.18 Å². The molecule has 18 heteroatoms. The van der Waals surface area contributed by atoms with Gasteiger partial charge in [-0.05, 0) is 0 Å². The number of hydrogen-bond donors (Lipinski definition) is 9. The van der Waals surface area contributed by atoms with Gasteiger partial charge in [0.05, 0.1) is 6.20 Å². The molecule has 2 amide bonds. The molecule has 1 fully saturated rings. The number of nitrogens with one attached hydrogen (secondary N) is 2. The van der Waals surface area contributed by atoms with Crippen molar-refractivity contribution >= 4 is 18.0 Å². The number of nitrogens with two attached hydrogens (primary N) is 2. The largest absolute Gasteiger partial charge is 0.480 e. The Hall–Kier alpha value is -3.42. The molecule has 1 aromatic heterocycles. The Labute approximate surface area is 187 Å². The van der Waals surface area contributed by atoms with Crippen molar-refractivity contribution in [3.8, 4) is 0 Å². The number of aromatic nitrogens is 2. The molecule has 0 aliphatic carbocycles. The van der Waals surface area contributed by atoms with Gasteiger partial charge in [0.15, 0.2) is 12.3 Å². The van der Waals surface area contributed by atoms with Crippen LogP contribution in [-0.2, 0) is 19.1 Å². The first-order chi connectivity index (χ1) is 15.8. The maximum Gasteiger partial charge on any atom is 0.404 e. The van der Waals surface area contributed by atoms with Gasteiger partial charge in [0.1, 0.15) is 43.2 Å². The van der Waals surface area contributed by atoms with Crippen molar-refractivity contribution in [2.45, 2.75) is 48.8 Å². The molecule has 0 radical (unpaired) electrons. The number of rotatable bonds is 9. The third-order valence-electron chi connectivity index (χ3n) is 4.83. The van der Waals surface area contributed by atoms with E-state index in [9.17, 15) is 53.9 Å². The molecule has 34 heavy (non-hydrogen) atoms. The second-order valence-corrected chi connectivity index (χ2v) is 7.15. The van der Waals surface area contributed by atoms with Crippen LogP contribution in [0.5, 0.6) is 0 Å². The molecule has 1 aliphatic rings. The van der Waals surface area contributed by atoms with Crippen LogP contribution in [0.15, 0.2) is 15.8 Å². The minimum atomic E-state index is -2.14. The summed E-state index contributed by atoms with van der Waals surface area (Å²) in [6.07, 6.45) is -12.8. The van der Waals surface area contributed by atoms with Crippen molar-refractivity contribution in [1.29, 1.82) is 0 Å². The number of aliphatic hydroxyl groups is 4. The number of hydrogen-bond acceptors (Lipinski definition) is 12. The van der Waals surface area contributed by atoms with E-state index in [4.69, 9.17) is 16.2 Å². The minimum absolute atomic E-state index is 0.357. The second-order valence-electron chi connectivity index (χ2n) is 7.15. The smallest absolute Gasteiger partial charge is 0.404 e. The molecule has 2 heterocycles. The fourth-order valence-corrected chi connectivity index (χ4v) is 3.04. The number of carboxylic acid groups (broad SMARTS) is 1. The van der Waals surface area contributed by atoms with Crippen molar-refractivity contribution in [2.24, 2.45) is 11.5 Å². The van der Waals surface area contributed by atoms with Crippen LogP contribution in [0.2, 0.25) is 0 Å². The highest BCUT2D eigenvalue weighted by atomic mass is 19.1. The van der Waals surface area contributed by atoms with Crippen molar-refractivity contribution in [3.05, 3.63) is 32.9 Å². The van der Waals surface area contributed by atoms with E-state index in [1.54, 1.807) is 4.98 Å². The van der Waals surface area contributed by atoms with Crippen LogP contribution >= 0.6 is 0 Å². The molecule has 190 valence electrons. The number of halogens is 1. The molecule has 1 aromatic rings. The normalized spacial score (nSPS) is 25.7. The Balaban J connectivity index is 2.20. The summed E-state index contributed by atoms with van der Waals surface area (Å²) in [5.74, 6) is -4.64. The van der Waals surface area contributed by atoms with Crippen LogP contribution in [-0.4, -0.2) is 102 Å². The van der Waals surface area contributed by atoms with Crippen molar-refractivity contribution in [3.63, 3.8) is 0 Å². The summed E-state index contributed by atoms with van der Waals surface area (Å²) in [4.78, 5) is 59.3. The number of primary amides is 1. The predicted octanol–water partition coefficient (Wildman–Crippen LogP) is -5.99. The number of aliphatic carboxylic acids is 1. The SMILES string of the molecule is NC(=O)OC[C@H](O)[C@@H](O)[C@H](N)C(=O)N[C@H](C(=O)O)[C@H]1O[C@@H](n2cc(F)c(=O)[nH]c2=O)[C@H](O)[C@@H]1O. The molecular formula is C16H22FN5O12. The molecule has 8 atom stereocenters. The first kappa shape index (κ1) is 26.8. The number of H-pyrrole nitrogens is 1. The average Bonchev–Trinajstić information content (AvgIpc) is 3.05. The second kappa shape index (κ2) is 10.7. The predicted molar refractivity (Wildman–Crippen MR) is 102 cm³/mol. The van der Waals surface area contributed by atoms with Crippen LogP contribution in [0.1, 0.15) is 6.23 Å². The maximum atomic E-state index is 13.6. The molecule has 11 N–H and O–H groups in total. The fourth-order valence-electron chi connectivity index (χ4n) is 3.04. The Bertz CT molecular complexity index is 1050. The summed E-state index contributed by atoms with van der Waals surface area (Å²) < 4.78 is 23.4. The summed E-state index contributed by atoms with van der Waals surface area (Å²) in [5.41, 5.74) is 7.56. The molecule has 0 aromatic carbocycles. The van der Waals surface area contributed by atoms with Gasteiger partial charge in [-0.3, -0.25) is 19.1 Å². The van der Waals surface area contributed by atoms with E-state index < -0.39 is 90.5 Å². The summed E-state index contributed by atoms with van der Waals surface area (Å²) in [6, 6.07) is -4.12. The van der Waals surface area contributed by atoms with Crippen LogP contribution in [0.3, 0.4) is 0 Å². The minimum Gasteiger partial charge on any atom is -0.480 e. The summed E-state index contributed by atoms with van der Waals surface area (Å²) in [5, 5.41) is 51.4. The Morgan fingerprint density at radius 3 is 2.44 bits per heavy atom. The third-order valence-corrected chi connectivity index (χ3v) is 4.83. The molecule has 2 rings (SSSR count). The third kappa shape index (κ3) is 5.73. The molecule has 0 spiro atoms. The number of amides is 2. The molecule has 0 bridgehead atoms. The van der Waals surface area contributed by atoms with E-state index >= 15 is 0 Å². The number of ether oxygens (including phenoxy) is 2. The van der Waals surface area contributed by atoms with E-state index in [-0.39, 0.29) is 0 Å². The number of carbonyl (C=O) groups is 3. The van der Waals surface area contributed by atoms with E-state index in [1.165, 1.54) is 0 Å². The highest BCUT2D eigenvalue weighted by molar-refractivity contribution is 5.87. The molecule has 17 nitrogen and oxygen atoms in total. The van der Waals surface area contributed by atoms with E-state index in [1.807, 2.05) is 5.32 Å². The summed E-state index contributed by atoms with van der Waals surface area (Å²) >= 11 is 0. The first-order valence-corrected chi connectivity index (χ1v) is 9.36. The zero-order chi connectivity index (χ0) is 25.9. The molecule has 1 aliphatic heterocycles. The summed E-state index contributed by atoms with van der Waals surface area (Å²) in [6.45, 7) is -0.845. The fraction of sp³-hybridized carbons (Fsp3) is 0.562. The number of aromatic amines is 1. The lowest BCUT2D eigenvalue weighted by molar-refractivity contribution is -0.150. The lowest BCUT2D eigenvalue weighted by atomic mass is 10.0. The first-order valence-electron chi connectivity index (χ1n) is 9.36. The van der Waals surface area contributed by atoms with E-state index in [2.05, 4.69) is 4.74 Å². The van der Waals surface area contributed by atoms with Gasteiger partial charge in [0, 0.05) is 0 Å². The van der Waals surface area contributed by atoms with Gasteiger partial charge in [0.2, 0.25) is 11.7 Å². The van der Waals surface area contributed by atoms with Gasteiger partial charge >= 0.3 is 17.8 Å². The van der Waals surface area contributed by atoms with Crippen LogP contribution in [0.25, 0.3) is 0 Å². The van der Waals surface area contributed by atoms with Gasteiger partial charge in [-0.1, -0.05) is 0 Å². The Morgan fingerprint density at radius 1 is 1.26 bits per heavy atom. The molecule has 0 unspecified atom stereocenters. The highest BCUT2D eigenvalue weighted by Crippen LogP contribution is 2.30. The van der Waals surface area contributed by atoms with Gasteiger partial charge in [0.25, 0.3) is 5.56 Å². The highest BCUT2D eigenvalue weighted by Gasteiger charge is 2.50. The molecule has 0 saturated carbocycles. The van der Waals surface area contributed by atoms with Crippen molar-refractivity contribution < 1.29 is 53.8 Å². The molecular weight excluding hydrogens is 473 g/mol. The Morgan fingerprint density at radius 2 is 1.88 bits per heavy atom. The van der Waals surface area contributed by atoms with Crippen molar-refractivity contribution in [2.75, 3.05) is 6.61 Å². The average molecular weight is 495 g/mol. The number of carbonyl (C=O) groups excluding carboxylic acids is 2. The van der Waals surface area contributed by atoms with E-state index in [0.717, 1.165) is 0 Å². The quantitative estimate of drug-likeness (QED) is 0.154. The monoisotopic (exact) mass is 495 g/mol. The van der Waals surface area contributed by atoms with Gasteiger partial charge < -0.3 is 51.8 Å². The van der Waals surface area contributed by atoms with Gasteiger partial charge in [-0.15, -0.1) is 0 Å². The van der Waals surface area contributed by atoms with Crippen LogP contribution < -0.4 is 28.0 Å². The standard InChI is InChI=1S/C16H22FN5O12/c17-3-1-22(16(32)21-11(3)27)13-9(26)8(25)10(34-13)6(14(29)30)20-12(28)5(18)7(24)4(23)2-33-15(19)31/h1,4-10,13,23-26H,2,18H2,(H2,19,31)(H,20,28)(H,29,30)(H,21,27,32)/t4-,5-,6-,7+,8-,9+,10+,13+/m0/s1. The molecule has 1 saturated heterocycles. The number of carboxylic acids is 1. The lowest BCUT2D eigenvalue weighted by Gasteiger charge is -2.27. The van der Waals surface area contributed by atoms with Gasteiger partial charge in [-0.2, -0.15) is 4.39 Å². The number of nitrogens with zero attached hydrogens (tertiary/aromatic N) is 1. The zero-order valence-electron chi connectivity index (χ0n) is 17.0. The zero-order valence-corrected chi connectivity index (χ0v) is 17.0. The van der Waals surface area contributed by atoms with Crippen LogP contribution in [0, 0.1) is 5.82 Å². The topological polar surface area (TPSA) is 290 Å². The van der Waals surface area contributed by atoms with Gasteiger partial charge in [-0.25, -0.2) is 14.4 Å². The lowest BCUT2D eigenvalue weighted by Crippen LogP contribution is -2.60. The summed E-state index contributed by atoms with van der Waals surface area (Å²) in [7, 11) is 0. The van der Waals surface area contributed by atoms with E-state index in [0.29, 0.717) is 10.8 Å². The van der Waals surface area contributed by atoms with Crippen molar-refractivity contribution in [1.82, 2.24) is 14.9 Å².